The molecule has 5 heteroatoms. The van der Waals surface area contributed by atoms with E-state index in [1.807, 2.05) is 0 Å². The van der Waals surface area contributed by atoms with Crippen molar-refractivity contribution < 1.29 is 19.7 Å². The van der Waals surface area contributed by atoms with Crippen LogP contribution in [-0.4, -0.2) is 41.0 Å². The molecule has 3 aromatic carbocycles. The summed E-state index contributed by atoms with van der Waals surface area (Å²) in [5, 5.41) is 24.6. The highest BCUT2D eigenvalue weighted by atomic mass is 16.5. The number of rotatable bonds is 11. The topological polar surface area (TPSA) is 78.8 Å². The number of aliphatic carboxylic acids is 1. The van der Waals surface area contributed by atoms with E-state index >= 15 is 0 Å². The van der Waals surface area contributed by atoms with Crippen LogP contribution in [0.5, 0.6) is 0 Å². The maximum Gasteiger partial charge on any atom is 0.327 e. The average molecular weight is 518 g/mol. The largest absolute Gasteiger partial charge is 0.478 e. The molecular weight excluding hydrogens is 474 g/mol. The van der Waals surface area contributed by atoms with Crippen LogP contribution in [0, 0.1) is 19.8 Å². The van der Waals surface area contributed by atoms with Crippen LogP contribution in [0.1, 0.15) is 62.0 Å². The monoisotopic (exact) mass is 517 g/mol. The van der Waals surface area contributed by atoms with Crippen molar-refractivity contribution in [1.82, 2.24) is 5.32 Å². The second-order valence-corrected chi connectivity index (χ2v) is 11.1. The summed E-state index contributed by atoms with van der Waals surface area (Å²) < 4.78 is 6.28. The SMILES string of the molecule is C/C=C/C(=O)O.Cc1ccc(C(OC[C@H](O)CNC(C)(C)Cc2ccc3ccccc3c2)C2CC2)c(C)c1. The number of fused-ring (bicyclic) bond motifs is 1. The number of aliphatic hydroxyl groups is 1. The Kier molecular flexibility index (Phi) is 10.7. The van der Waals surface area contributed by atoms with Crippen molar-refractivity contribution in [2.75, 3.05) is 13.2 Å². The van der Waals surface area contributed by atoms with E-state index in [2.05, 4.69) is 93.7 Å². The molecule has 1 fully saturated rings. The van der Waals surface area contributed by atoms with Crippen molar-refractivity contribution in [2.45, 2.75) is 71.6 Å². The van der Waals surface area contributed by atoms with Crippen LogP contribution in [0.3, 0.4) is 0 Å². The quantitative estimate of drug-likeness (QED) is 0.252. The first kappa shape index (κ1) is 29.6. The highest BCUT2D eigenvalue weighted by molar-refractivity contribution is 5.83. The smallest absolute Gasteiger partial charge is 0.327 e. The Labute approximate surface area is 227 Å². The third-order valence-corrected chi connectivity index (χ3v) is 6.84. The van der Waals surface area contributed by atoms with Crippen molar-refractivity contribution in [2.24, 2.45) is 5.92 Å². The van der Waals surface area contributed by atoms with Gasteiger partial charge < -0.3 is 20.3 Å². The van der Waals surface area contributed by atoms with Crippen molar-refractivity contribution in [3.63, 3.8) is 0 Å². The fraction of sp³-hybridized carbons (Fsp3) is 0.424. The molecule has 2 atom stereocenters. The molecule has 1 aliphatic carbocycles. The number of nitrogens with one attached hydrogen (secondary N) is 1. The Morgan fingerprint density at radius 3 is 2.39 bits per heavy atom. The summed E-state index contributed by atoms with van der Waals surface area (Å²) in [4.78, 5) is 9.51. The molecule has 5 nitrogen and oxygen atoms in total. The molecule has 38 heavy (non-hydrogen) atoms. The number of hydrogen-bond donors (Lipinski definition) is 3. The van der Waals surface area contributed by atoms with Crippen molar-refractivity contribution in [3.8, 4) is 0 Å². The van der Waals surface area contributed by atoms with Gasteiger partial charge in [-0.15, -0.1) is 0 Å². The molecular formula is C33H43NO4. The van der Waals surface area contributed by atoms with Gasteiger partial charge in [0.25, 0.3) is 0 Å². The van der Waals surface area contributed by atoms with Crippen LogP contribution in [0.25, 0.3) is 10.8 Å². The zero-order valence-electron chi connectivity index (χ0n) is 23.4. The van der Waals surface area contributed by atoms with Gasteiger partial charge in [-0.25, -0.2) is 4.79 Å². The molecule has 0 bridgehead atoms. The number of allylic oxidation sites excluding steroid dienone is 1. The summed E-state index contributed by atoms with van der Waals surface area (Å²) in [5.74, 6) is -0.307. The molecule has 0 radical (unpaired) electrons. The van der Waals surface area contributed by atoms with Gasteiger partial charge in [0.05, 0.1) is 18.8 Å². The number of ether oxygens (including phenoxy) is 1. The predicted octanol–water partition coefficient (Wildman–Crippen LogP) is 6.54. The molecule has 0 saturated heterocycles. The van der Waals surface area contributed by atoms with E-state index in [0.29, 0.717) is 19.1 Å². The van der Waals surface area contributed by atoms with Gasteiger partial charge in [-0.3, -0.25) is 0 Å². The van der Waals surface area contributed by atoms with Gasteiger partial charge in [-0.1, -0.05) is 72.3 Å². The number of β-amino-alcohol motifs (C(OH)–C–C–N with tert-alkyl or cyclic N) is 1. The van der Waals surface area contributed by atoms with Gasteiger partial charge >= 0.3 is 5.97 Å². The van der Waals surface area contributed by atoms with Crippen molar-refractivity contribution in [3.05, 3.63) is 95.1 Å². The van der Waals surface area contributed by atoms with Gasteiger partial charge in [0.15, 0.2) is 0 Å². The lowest BCUT2D eigenvalue weighted by Gasteiger charge is -2.29. The van der Waals surface area contributed by atoms with Crippen LogP contribution in [0.4, 0.5) is 0 Å². The highest BCUT2D eigenvalue weighted by Gasteiger charge is 2.34. The normalized spacial score (nSPS) is 15.2. The van der Waals surface area contributed by atoms with Gasteiger partial charge in [-0.2, -0.15) is 0 Å². The van der Waals surface area contributed by atoms with Crippen LogP contribution in [0.15, 0.2) is 72.8 Å². The molecule has 1 aliphatic rings. The molecule has 3 N–H and O–H groups in total. The molecule has 204 valence electrons. The van der Waals surface area contributed by atoms with E-state index in [0.717, 1.165) is 12.5 Å². The van der Waals surface area contributed by atoms with E-state index < -0.39 is 12.1 Å². The van der Waals surface area contributed by atoms with Crippen LogP contribution >= 0.6 is 0 Å². The number of hydrogen-bond acceptors (Lipinski definition) is 4. The molecule has 0 amide bonds. The first-order valence-corrected chi connectivity index (χ1v) is 13.5. The number of benzene rings is 3. The molecule has 1 saturated carbocycles. The molecule has 0 heterocycles. The standard InChI is InChI=1S/C29H37NO2.C4H6O2/c1-20-9-14-27(21(2)15-20)28(24-12-13-24)32-19-26(31)18-30-29(3,4)17-22-10-11-23-7-5-6-8-25(23)16-22;1-2-3-4(5)6/h5-11,14-16,24,26,28,30-31H,12-13,17-19H2,1-4H3;2-3H,1H3,(H,5,6)/b;3-2+/t26-,28?;/m1./s1. The van der Waals surface area contributed by atoms with E-state index in [4.69, 9.17) is 9.84 Å². The predicted molar refractivity (Wildman–Crippen MR) is 156 cm³/mol. The van der Waals surface area contributed by atoms with Crippen LogP contribution in [-0.2, 0) is 16.0 Å². The lowest BCUT2D eigenvalue weighted by Crippen LogP contribution is -2.46. The van der Waals surface area contributed by atoms with Gasteiger partial charge in [0, 0.05) is 18.2 Å². The summed E-state index contributed by atoms with van der Waals surface area (Å²) in [7, 11) is 0. The van der Waals surface area contributed by atoms with Gasteiger partial charge in [-0.05, 0) is 87.3 Å². The maximum atomic E-state index is 10.6. The number of carbonyl (C=O) groups is 1. The Morgan fingerprint density at radius 1 is 1.08 bits per heavy atom. The van der Waals surface area contributed by atoms with Crippen LogP contribution in [0.2, 0.25) is 0 Å². The number of carboxylic acid groups (broad SMARTS) is 1. The summed E-state index contributed by atoms with van der Waals surface area (Å²) in [6.45, 7) is 11.2. The summed E-state index contributed by atoms with van der Waals surface area (Å²) in [6, 6.07) is 21.7. The van der Waals surface area contributed by atoms with E-state index in [1.54, 1.807) is 6.92 Å². The third kappa shape index (κ3) is 9.39. The molecule has 3 aromatic rings. The zero-order valence-corrected chi connectivity index (χ0v) is 23.4. The van der Waals surface area contributed by atoms with Gasteiger partial charge in [0.2, 0.25) is 0 Å². The minimum atomic E-state index is -0.891. The van der Waals surface area contributed by atoms with Crippen molar-refractivity contribution >= 4 is 16.7 Å². The highest BCUT2D eigenvalue weighted by Crippen LogP contribution is 2.44. The number of aryl methyl sites for hydroxylation is 2. The fourth-order valence-electron chi connectivity index (χ4n) is 4.76. The minimum absolute atomic E-state index is 0.0934. The minimum Gasteiger partial charge on any atom is -0.478 e. The summed E-state index contributed by atoms with van der Waals surface area (Å²) >= 11 is 0. The second kappa shape index (κ2) is 13.7. The van der Waals surface area contributed by atoms with Crippen molar-refractivity contribution in [1.29, 1.82) is 0 Å². The first-order valence-electron chi connectivity index (χ1n) is 13.5. The lowest BCUT2D eigenvalue weighted by atomic mass is 9.93. The number of aliphatic hydroxyl groups excluding tert-OH is 1. The van der Waals surface area contributed by atoms with E-state index in [-0.39, 0.29) is 11.6 Å². The maximum absolute atomic E-state index is 10.6. The zero-order chi connectivity index (χ0) is 27.7. The Morgan fingerprint density at radius 2 is 1.79 bits per heavy atom. The Balaban J connectivity index is 0.000000599. The molecule has 4 rings (SSSR count). The Bertz CT molecular complexity index is 1230. The van der Waals surface area contributed by atoms with Gasteiger partial charge in [0.1, 0.15) is 0 Å². The molecule has 0 aliphatic heterocycles. The molecule has 1 unspecified atom stereocenters. The van der Waals surface area contributed by atoms with Crippen LogP contribution < -0.4 is 5.32 Å². The van der Waals surface area contributed by atoms with E-state index in [9.17, 15) is 9.90 Å². The molecule has 0 aromatic heterocycles. The summed E-state index contributed by atoms with van der Waals surface area (Å²) in [6.07, 6.45) is 5.45. The molecule has 0 spiro atoms. The first-order chi connectivity index (χ1) is 18.1. The second-order valence-electron chi connectivity index (χ2n) is 11.1. The van der Waals surface area contributed by atoms with E-state index in [1.165, 1.54) is 51.9 Å². The number of carboxylic acids is 1. The Hall–Kier alpha value is -2.99. The lowest BCUT2D eigenvalue weighted by molar-refractivity contribution is -0.131. The average Bonchev–Trinajstić information content (AvgIpc) is 3.69. The fourth-order valence-corrected chi connectivity index (χ4v) is 4.76. The third-order valence-electron chi connectivity index (χ3n) is 6.84. The summed E-state index contributed by atoms with van der Waals surface area (Å²) in [5.41, 5.74) is 5.02.